The molecule has 1 N–H and O–H groups in total. The minimum atomic E-state index is -3.88. The van der Waals surface area contributed by atoms with Gasteiger partial charge in [0.25, 0.3) is 5.91 Å². The van der Waals surface area contributed by atoms with Crippen molar-refractivity contribution >= 4 is 33.2 Å². The molecule has 7 nitrogen and oxygen atoms in total. The number of amides is 1. The topological polar surface area (TPSA) is 84.9 Å². The quantitative estimate of drug-likeness (QED) is 0.395. The van der Waals surface area contributed by atoms with Crippen LogP contribution in [0.2, 0.25) is 5.02 Å². The molecule has 1 amide bonds. The van der Waals surface area contributed by atoms with Crippen molar-refractivity contribution in [2.24, 2.45) is 17.8 Å². The second-order valence-electron chi connectivity index (χ2n) is 11.8. The molecule has 1 saturated carbocycles. The molecular weight excluding hydrogens is 560 g/mol. The highest BCUT2D eigenvalue weighted by Crippen LogP contribution is 2.41. The maximum absolute atomic E-state index is 13.3. The minimum Gasteiger partial charge on any atom is -0.487 e. The van der Waals surface area contributed by atoms with Gasteiger partial charge in [-0.05, 0) is 105 Å². The van der Waals surface area contributed by atoms with Crippen molar-refractivity contribution in [2.45, 2.75) is 70.3 Å². The fraction of sp³-hybridized carbons (Fsp3) is 0.531. The predicted molar refractivity (Wildman–Crippen MR) is 163 cm³/mol. The molecule has 222 valence electrons. The molecule has 2 bridgehead atoms. The number of aryl methyl sites for hydroxylation is 1. The van der Waals surface area contributed by atoms with Crippen LogP contribution in [0.3, 0.4) is 0 Å². The molecule has 5 rings (SSSR count). The van der Waals surface area contributed by atoms with Gasteiger partial charge in [-0.1, -0.05) is 36.7 Å². The summed E-state index contributed by atoms with van der Waals surface area (Å²) in [4.78, 5) is 15.6. The van der Waals surface area contributed by atoms with Gasteiger partial charge in [-0.25, -0.2) is 13.1 Å². The molecule has 3 aliphatic rings. The number of rotatable bonds is 1. The van der Waals surface area contributed by atoms with Gasteiger partial charge in [0, 0.05) is 30.8 Å². The summed E-state index contributed by atoms with van der Waals surface area (Å²) in [7, 11) is -2.13. The zero-order chi connectivity index (χ0) is 29.1. The zero-order valence-corrected chi connectivity index (χ0v) is 25.7. The molecule has 0 saturated heterocycles. The van der Waals surface area contributed by atoms with E-state index in [1.807, 2.05) is 31.2 Å². The lowest BCUT2D eigenvalue weighted by atomic mass is 9.70. The van der Waals surface area contributed by atoms with E-state index in [1.165, 1.54) is 5.56 Å². The first-order valence-corrected chi connectivity index (χ1v) is 16.6. The van der Waals surface area contributed by atoms with E-state index >= 15 is 0 Å². The van der Waals surface area contributed by atoms with Gasteiger partial charge >= 0.3 is 0 Å². The van der Waals surface area contributed by atoms with Crippen LogP contribution in [0, 0.1) is 17.8 Å². The second-order valence-corrected chi connectivity index (χ2v) is 14.3. The highest BCUT2D eigenvalue weighted by Gasteiger charge is 2.38. The minimum absolute atomic E-state index is 0.0225. The molecular formula is C32H41ClN2O5S. The van der Waals surface area contributed by atoms with Gasteiger partial charge in [-0.2, -0.15) is 0 Å². The van der Waals surface area contributed by atoms with Crippen LogP contribution in [0.1, 0.15) is 67.4 Å². The van der Waals surface area contributed by atoms with E-state index in [0.29, 0.717) is 36.2 Å². The van der Waals surface area contributed by atoms with Gasteiger partial charge in [0.2, 0.25) is 10.0 Å². The highest BCUT2D eigenvalue weighted by molar-refractivity contribution is 7.90. The predicted octanol–water partition coefficient (Wildman–Crippen LogP) is 6.15. The molecule has 2 aliphatic heterocycles. The van der Waals surface area contributed by atoms with E-state index in [9.17, 15) is 13.2 Å². The van der Waals surface area contributed by atoms with Crippen molar-refractivity contribution in [3.63, 3.8) is 0 Å². The molecule has 5 atom stereocenters. The van der Waals surface area contributed by atoms with E-state index in [4.69, 9.17) is 21.1 Å². The van der Waals surface area contributed by atoms with Crippen molar-refractivity contribution in [1.82, 2.24) is 4.72 Å². The lowest BCUT2D eigenvalue weighted by molar-refractivity contribution is 0.0134. The van der Waals surface area contributed by atoms with E-state index < -0.39 is 21.2 Å². The summed E-state index contributed by atoms with van der Waals surface area (Å²) >= 11 is 6.31. The number of carbonyl (C=O) groups excluding carboxylic acids is 1. The fourth-order valence-corrected chi connectivity index (χ4v) is 7.70. The van der Waals surface area contributed by atoms with E-state index in [-0.39, 0.29) is 12.0 Å². The standard InChI is InChI=1S/C32H41ClN2O5S/c1-21-7-6-9-30(39-3)28-14-11-25(28)19-35-16-5-4-8-23-17-27(33)13-10-26(23)20-40-31-15-12-24(18-29(31)35)32(36)34-41(37,38)22(21)2/h6,9-10,12-13,15,17-18,21-22,25,28,30H,4-5,7-8,11,14,16,19-20H2,1-3H3,(H,34,36)/b9-6-/t21-,22+,25-,28+,30-/m0/s1. The summed E-state index contributed by atoms with van der Waals surface area (Å²) in [5.41, 5.74) is 3.40. The monoisotopic (exact) mass is 600 g/mol. The zero-order valence-electron chi connectivity index (χ0n) is 24.1. The first-order valence-electron chi connectivity index (χ1n) is 14.7. The average molecular weight is 601 g/mol. The molecule has 41 heavy (non-hydrogen) atoms. The number of methoxy groups -OCH3 is 1. The molecule has 0 unspecified atom stereocenters. The van der Waals surface area contributed by atoms with Gasteiger partial charge in [-0.3, -0.25) is 4.79 Å². The first kappa shape index (κ1) is 29.9. The Labute approximate surface area is 249 Å². The highest BCUT2D eigenvalue weighted by atomic mass is 35.5. The Morgan fingerprint density at radius 3 is 2.66 bits per heavy atom. The maximum Gasteiger partial charge on any atom is 0.264 e. The van der Waals surface area contributed by atoms with Gasteiger partial charge in [-0.15, -0.1) is 0 Å². The first-order chi connectivity index (χ1) is 19.7. The van der Waals surface area contributed by atoms with Crippen LogP contribution in [-0.2, 0) is 27.8 Å². The second kappa shape index (κ2) is 12.8. The average Bonchev–Trinajstić information content (AvgIpc) is 2.96. The van der Waals surface area contributed by atoms with Crippen molar-refractivity contribution < 1.29 is 22.7 Å². The molecule has 1 aliphatic carbocycles. The molecule has 2 aromatic rings. The summed E-state index contributed by atoms with van der Waals surface area (Å²) in [6, 6.07) is 11.2. The smallest absolute Gasteiger partial charge is 0.264 e. The molecule has 9 heteroatoms. The Balaban J connectivity index is 1.55. The van der Waals surface area contributed by atoms with Gasteiger partial charge in [0.05, 0.1) is 17.0 Å². The summed E-state index contributed by atoms with van der Waals surface area (Å²) in [6.45, 7) is 5.54. The molecule has 0 aromatic heterocycles. The number of nitrogens with one attached hydrogen (secondary N) is 1. The number of benzene rings is 2. The SMILES string of the molecule is CO[C@H]1/C=C\C[C@H](C)[C@@H](C)S(=O)(=O)NC(=O)c2ccc3c(c2)N(CCCCc2cc(Cl)ccc2CO3)C[C@@H]2CC[C@H]21. The van der Waals surface area contributed by atoms with Crippen molar-refractivity contribution in [2.75, 3.05) is 25.1 Å². The van der Waals surface area contributed by atoms with E-state index in [0.717, 1.165) is 61.5 Å². The number of fused-ring (bicyclic) bond motifs is 3. The van der Waals surface area contributed by atoms with Crippen LogP contribution in [-0.4, -0.2) is 45.9 Å². The van der Waals surface area contributed by atoms with Gasteiger partial charge in [0.1, 0.15) is 12.4 Å². The third-order valence-electron chi connectivity index (χ3n) is 9.22. The van der Waals surface area contributed by atoms with E-state index in [1.54, 1.807) is 32.2 Å². The Bertz CT molecular complexity index is 1390. The number of nitrogens with zero attached hydrogens (tertiary/aromatic N) is 1. The van der Waals surface area contributed by atoms with E-state index in [2.05, 4.69) is 15.7 Å². The number of ether oxygens (including phenoxy) is 2. The van der Waals surface area contributed by atoms with Crippen molar-refractivity contribution in [3.05, 3.63) is 70.3 Å². The van der Waals surface area contributed by atoms with Crippen molar-refractivity contribution in [1.29, 1.82) is 0 Å². The number of hydrogen-bond donors (Lipinski definition) is 1. The fourth-order valence-electron chi connectivity index (χ4n) is 6.22. The number of sulfonamides is 1. The summed E-state index contributed by atoms with van der Waals surface area (Å²) in [5, 5.41) is -0.0214. The molecule has 0 spiro atoms. The van der Waals surface area contributed by atoms with Gasteiger partial charge < -0.3 is 14.4 Å². The van der Waals surface area contributed by atoms with Crippen LogP contribution in [0.25, 0.3) is 0 Å². The van der Waals surface area contributed by atoms with Crippen molar-refractivity contribution in [3.8, 4) is 5.75 Å². The number of carbonyl (C=O) groups is 1. The summed E-state index contributed by atoms with van der Waals surface area (Å²) in [5.74, 6) is 0.689. The van der Waals surface area contributed by atoms with Crippen LogP contribution in [0.4, 0.5) is 5.69 Å². The Morgan fingerprint density at radius 1 is 1.07 bits per heavy atom. The lowest BCUT2D eigenvalue weighted by Crippen LogP contribution is -2.44. The third kappa shape index (κ3) is 6.76. The Hall–Kier alpha value is -2.55. The van der Waals surface area contributed by atoms with Crippen LogP contribution >= 0.6 is 11.6 Å². The van der Waals surface area contributed by atoms with Gasteiger partial charge in [0.15, 0.2) is 0 Å². The normalized spacial score (nSPS) is 29.4. The van der Waals surface area contributed by atoms with Crippen LogP contribution in [0.5, 0.6) is 5.75 Å². The number of anilines is 1. The molecule has 2 heterocycles. The Morgan fingerprint density at radius 2 is 1.90 bits per heavy atom. The number of halogens is 1. The van der Waals surface area contributed by atoms with Crippen LogP contribution < -0.4 is 14.4 Å². The Kier molecular flexibility index (Phi) is 9.31. The summed E-state index contributed by atoms with van der Waals surface area (Å²) < 4.78 is 41.0. The molecule has 0 radical (unpaired) electrons. The maximum atomic E-state index is 13.3. The van der Waals surface area contributed by atoms with Crippen LogP contribution in [0.15, 0.2) is 48.6 Å². The third-order valence-corrected chi connectivity index (χ3v) is 11.4. The molecule has 2 aromatic carbocycles. The number of hydrogen-bond acceptors (Lipinski definition) is 6. The lowest BCUT2D eigenvalue weighted by Gasteiger charge is -2.43. The summed E-state index contributed by atoms with van der Waals surface area (Å²) in [6.07, 6.45) is 9.76. The number of allylic oxidation sites excluding steroid dienone is 1. The molecule has 1 fully saturated rings. The largest absolute Gasteiger partial charge is 0.487 e.